The number of rotatable bonds is 9. The van der Waals surface area contributed by atoms with E-state index in [0.717, 1.165) is 6.42 Å². The highest BCUT2D eigenvalue weighted by atomic mass is 16.5. The van der Waals surface area contributed by atoms with Crippen LogP contribution in [0.5, 0.6) is 0 Å². The summed E-state index contributed by atoms with van der Waals surface area (Å²) < 4.78 is 10.6. The maximum atomic E-state index is 11.8. The van der Waals surface area contributed by atoms with Crippen molar-refractivity contribution >= 4 is 5.97 Å². The van der Waals surface area contributed by atoms with Crippen molar-refractivity contribution in [3.05, 3.63) is 0 Å². The lowest BCUT2D eigenvalue weighted by atomic mass is 10.0. The van der Waals surface area contributed by atoms with E-state index < -0.39 is 5.54 Å². The maximum absolute atomic E-state index is 11.8. The molecule has 0 saturated heterocycles. The van der Waals surface area contributed by atoms with E-state index in [2.05, 4.69) is 19.2 Å². The summed E-state index contributed by atoms with van der Waals surface area (Å²) in [5.41, 5.74) is -0.734. The first-order valence-electron chi connectivity index (χ1n) is 6.46. The fourth-order valence-electron chi connectivity index (χ4n) is 1.46. The zero-order chi connectivity index (χ0) is 13.3. The van der Waals surface area contributed by atoms with Gasteiger partial charge < -0.3 is 14.8 Å². The van der Waals surface area contributed by atoms with Gasteiger partial charge in [-0.05, 0) is 32.7 Å². The zero-order valence-electron chi connectivity index (χ0n) is 11.8. The van der Waals surface area contributed by atoms with Crippen molar-refractivity contribution in [2.45, 2.75) is 46.6 Å². The molecule has 0 rings (SSSR count). The predicted octanol–water partition coefficient (Wildman–Crippen LogP) is 1.98. The number of carbonyl (C=O) groups excluding carboxylic acids is 1. The second kappa shape index (κ2) is 8.48. The van der Waals surface area contributed by atoms with Crippen LogP contribution in [0.1, 0.15) is 41.0 Å². The van der Waals surface area contributed by atoms with Gasteiger partial charge in [0, 0.05) is 6.61 Å². The molecule has 0 aliphatic heterocycles. The second-order valence-electron chi connectivity index (χ2n) is 4.82. The molecule has 102 valence electrons. The highest BCUT2D eigenvalue weighted by Gasteiger charge is 2.34. The van der Waals surface area contributed by atoms with E-state index in [9.17, 15) is 4.79 Å². The Balaban J connectivity index is 4.16. The van der Waals surface area contributed by atoms with E-state index in [-0.39, 0.29) is 5.97 Å². The van der Waals surface area contributed by atoms with Crippen molar-refractivity contribution in [2.24, 2.45) is 5.92 Å². The molecule has 0 aromatic heterocycles. The summed E-state index contributed by atoms with van der Waals surface area (Å²) in [5, 5.41) is 3.13. The Bertz CT molecular complexity index is 219. The fourth-order valence-corrected chi connectivity index (χ4v) is 1.46. The summed E-state index contributed by atoms with van der Waals surface area (Å²) in [6.07, 6.45) is 1.00. The van der Waals surface area contributed by atoms with Crippen LogP contribution in [-0.4, -0.2) is 37.9 Å². The van der Waals surface area contributed by atoms with Gasteiger partial charge in [0.25, 0.3) is 0 Å². The van der Waals surface area contributed by atoms with E-state index in [0.29, 0.717) is 32.3 Å². The van der Waals surface area contributed by atoms with Crippen LogP contribution in [0.4, 0.5) is 0 Å². The van der Waals surface area contributed by atoms with Gasteiger partial charge >= 0.3 is 5.97 Å². The summed E-state index contributed by atoms with van der Waals surface area (Å²) >= 11 is 0. The monoisotopic (exact) mass is 245 g/mol. The van der Waals surface area contributed by atoms with E-state index in [4.69, 9.17) is 9.47 Å². The van der Waals surface area contributed by atoms with Crippen LogP contribution in [0.15, 0.2) is 0 Å². The van der Waals surface area contributed by atoms with Gasteiger partial charge in [-0.15, -0.1) is 0 Å². The molecule has 0 saturated carbocycles. The summed E-state index contributed by atoms with van der Waals surface area (Å²) in [6, 6.07) is 0. The van der Waals surface area contributed by atoms with Crippen molar-refractivity contribution in [1.29, 1.82) is 0 Å². The lowest BCUT2D eigenvalue weighted by Gasteiger charge is -2.27. The third kappa shape index (κ3) is 6.64. The van der Waals surface area contributed by atoms with Crippen LogP contribution in [0, 0.1) is 5.92 Å². The van der Waals surface area contributed by atoms with Gasteiger partial charge in [-0.25, -0.2) is 4.79 Å². The standard InChI is InChI=1S/C13H27NO3/c1-6-14-13(5,12(15)17-7-2)10-16-9-8-11(3)4/h11,14H,6-10H2,1-5H3. The molecule has 0 bridgehead atoms. The third-order valence-electron chi connectivity index (χ3n) is 2.52. The van der Waals surface area contributed by atoms with Crippen molar-refractivity contribution in [1.82, 2.24) is 5.32 Å². The van der Waals surface area contributed by atoms with Gasteiger partial charge in [0.2, 0.25) is 0 Å². The van der Waals surface area contributed by atoms with E-state index >= 15 is 0 Å². The van der Waals surface area contributed by atoms with Crippen LogP contribution in [0.3, 0.4) is 0 Å². The fraction of sp³-hybridized carbons (Fsp3) is 0.923. The molecule has 4 heteroatoms. The van der Waals surface area contributed by atoms with Gasteiger partial charge in [0.05, 0.1) is 13.2 Å². The molecule has 0 aromatic rings. The summed E-state index contributed by atoms with van der Waals surface area (Å²) in [5.74, 6) is 0.370. The molecule has 1 atom stereocenters. The Morgan fingerprint density at radius 2 is 2.00 bits per heavy atom. The summed E-state index contributed by atoms with van der Waals surface area (Å²) in [6.45, 7) is 12.0. The molecule has 0 radical (unpaired) electrons. The van der Waals surface area contributed by atoms with Gasteiger partial charge in [-0.3, -0.25) is 0 Å². The Morgan fingerprint density at radius 3 is 2.47 bits per heavy atom. The molecule has 1 N–H and O–H groups in total. The lowest BCUT2D eigenvalue weighted by Crippen LogP contribution is -2.54. The molecule has 0 amide bonds. The number of likely N-dealkylation sites (N-methyl/N-ethyl adjacent to an activating group) is 1. The molecule has 0 heterocycles. The highest BCUT2D eigenvalue weighted by Crippen LogP contribution is 2.09. The molecule has 0 aliphatic rings. The number of ether oxygens (including phenoxy) is 2. The first kappa shape index (κ1) is 16.4. The van der Waals surface area contributed by atoms with Crippen molar-refractivity contribution < 1.29 is 14.3 Å². The van der Waals surface area contributed by atoms with Crippen LogP contribution in [-0.2, 0) is 14.3 Å². The van der Waals surface area contributed by atoms with E-state index in [1.54, 1.807) is 0 Å². The zero-order valence-corrected chi connectivity index (χ0v) is 11.8. The quantitative estimate of drug-likeness (QED) is 0.498. The Kier molecular flexibility index (Phi) is 8.17. The number of esters is 1. The molecule has 4 nitrogen and oxygen atoms in total. The van der Waals surface area contributed by atoms with Crippen molar-refractivity contribution in [3.63, 3.8) is 0 Å². The van der Waals surface area contributed by atoms with Crippen LogP contribution >= 0.6 is 0 Å². The van der Waals surface area contributed by atoms with Crippen LogP contribution in [0.2, 0.25) is 0 Å². The molecular weight excluding hydrogens is 218 g/mol. The average Bonchev–Trinajstić information content (AvgIpc) is 2.25. The number of hydrogen-bond acceptors (Lipinski definition) is 4. The summed E-state index contributed by atoms with van der Waals surface area (Å²) in [4.78, 5) is 11.8. The van der Waals surface area contributed by atoms with Gasteiger partial charge in [-0.2, -0.15) is 0 Å². The van der Waals surface area contributed by atoms with E-state index in [1.165, 1.54) is 0 Å². The topological polar surface area (TPSA) is 47.6 Å². The third-order valence-corrected chi connectivity index (χ3v) is 2.52. The number of hydrogen-bond donors (Lipinski definition) is 1. The minimum absolute atomic E-state index is 0.244. The SMILES string of the molecule is CCNC(C)(COCCC(C)C)C(=O)OCC. The van der Waals surface area contributed by atoms with Crippen LogP contribution in [0.25, 0.3) is 0 Å². The smallest absolute Gasteiger partial charge is 0.328 e. The minimum atomic E-state index is -0.734. The van der Waals surface area contributed by atoms with Gasteiger partial charge in [0.15, 0.2) is 0 Å². The molecular formula is C13H27NO3. The van der Waals surface area contributed by atoms with Crippen molar-refractivity contribution in [3.8, 4) is 0 Å². The first-order chi connectivity index (χ1) is 7.96. The lowest BCUT2D eigenvalue weighted by molar-refractivity contribution is -0.153. The predicted molar refractivity (Wildman–Crippen MR) is 69.0 cm³/mol. The van der Waals surface area contributed by atoms with E-state index in [1.807, 2.05) is 20.8 Å². The largest absolute Gasteiger partial charge is 0.465 e. The van der Waals surface area contributed by atoms with Gasteiger partial charge in [0.1, 0.15) is 5.54 Å². The number of nitrogens with one attached hydrogen (secondary N) is 1. The highest BCUT2D eigenvalue weighted by molar-refractivity contribution is 5.80. The molecule has 1 unspecified atom stereocenters. The molecule has 17 heavy (non-hydrogen) atoms. The molecule has 0 spiro atoms. The first-order valence-corrected chi connectivity index (χ1v) is 6.46. The molecule has 0 fully saturated rings. The Morgan fingerprint density at radius 1 is 1.35 bits per heavy atom. The summed E-state index contributed by atoms with van der Waals surface area (Å²) in [7, 11) is 0. The normalized spacial score (nSPS) is 14.7. The maximum Gasteiger partial charge on any atom is 0.328 e. The van der Waals surface area contributed by atoms with Crippen LogP contribution < -0.4 is 5.32 Å². The Labute approximate surface area is 105 Å². The molecule has 0 aliphatic carbocycles. The number of carbonyl (C=O) groups is 1. The Hall–Kier alpha value is -0.610. The van der Waals surface area contributed by atoms with Gasteiger partial charge in [-0.1, -0.05) is 20.8 Å². The average molecular weight is 245 g/mol. The van der Waals surface area contributed by atoms with Crippen molar-refractivity contribution in [2.75, 3.05) is 26.4 Å². The minimum Gasteiger partial charge on any atom is -0.465 e. The molecule has 0 aromatic carbocycles. The second-order valence-corrected chi connectivity index (χ2v) is 4.82.